The number of aromatic nitrogens is 2. The predicted molar refractivity (Wildman–Crippen MR) is 77.1 cm³/mol. The van der Waals surface area contributed by atoms with E-state index >= 15 is 0 Å². The summed E-state index contributed by atoms with van der Waals surface area (Å²) >= 11 is 3.38. The van der Waals surface area contributed by atoms with Gasteiger partial charge in [0.1, 0.15) is 0 Å². The Balaban J connectivity index is 1.83. The molecule has 0 saturated heterocycles. The highest BCUT2D eigenvalue weighted by Crippen LogP contribution is 2.27. The van der Waals surface area contributed by atoms with Gasteiger partial charge in [0.25, 0.3) is 0 Å². The van der Waals surface area contributed by atoms with Gasteiger partial charge in [-0.3, -0.25) is 0 Å². The van der Waals surface area contributed by atoms with Crippen molar-refractivity contribution in [1.82, 2.24) is 9.97 Å². The SMILES string of the molecule is Cc1ncc(C(N)Cc2nc3ccccc3s2)s1. The second-order valence-electron chi connectivity index (χ2n) is 4.17. The average molecular weight is 275 g/mol. The van der Waals surface area contributed by atoms with E-state index < -0.39 is 0 Å². The van der Waals surface area contributed by atoms with E-state index in [9.17, 15) is 0 Å². The second kappa shape index (κ2) is 4.76. The van der Waals surface area contributed by atoms with Crippen molar-refractivity contribution in [1.29, 1.82) is 0 Å². The Morgan fingerprint density at radius 2 is 2.11 bits per heavy atom. The van der Waals surface area contributed by atoms with Crippen LogP contribution in [0.15, 0.2) is 30.5 Å². The van der Waals surface area contributed by atoms with Crippen molar-refractivity contribution in [2.75, 3.05) is 0 Å². The number of rotatable bonds is 3. The third-order valence-electron chi connectivity index (χ3n) is 2.74. The first-order valence-corrected chi connectivity index (χ1v) is 7.38. The molecule has 18 heavy (non-hydrogen) atoms. The summed E-state index contributed by atoms with van der Waals surface area (Å²) in [5, 5.41) is 2.15. The Kier molecular flexibility index (Phi) is 3.11. The van der Waals surface area contributed by atoms with Crippen LogP contribution in [0, 0.1) is 6.92 Å². The Bertz CT molecular complexity index is 638. The van der Waals surface area contributed by atoms with Crippen LogP contribution in [0.5, 0.6) is 0 Å². The van der Waals surface area contributed by atoms with Gasteiger partial charge in [-0.1, -0.05) is 12.1 Å². The average Bonchev–Trinajstić information content (AvgIpc) is 2.94. The van der Waals surface area contributed by atoms with E-state index in [4.69, 9.17) is 5.73 Å². The van der Waals surface area contributed by atoms with Crippen molar-refractivity contribution in [3.8, 4) is 0 Å². The van der Waals surface area contributed by atoms with Gasteiger partial charge in [-0.15, -0.1) is 22.7 Å². The van der Waals surface area contributed by atoms with Gasteiger partial charge in [-0.2, -0.15) is 0 Å². The zero-order valence-corrected chi connectivity index (χ0v) is 11.6. The minimum Gasteiger partial charge on any atom is -0.323 e. The van der Waals surface area contributed by atoms with Crippen LogP contribution in [0.3, 0.4) is 0 Å². The Morgan fingerprint density at radius 3 is 2.83 bits per heavy atom. The number of hydrogen-bond donors (Lipinski definition) is 1. The molecule has 1 atom stereocenters. The van der Waals surface area contributed by atoms with Gasteiger partial charge in [-0.25, -0.2) is 9.97 Å². The summed E-state index contributed by atoms with van der Waals surface area (Å²) in [5.74, 6) is 0. The molecule has 0 fully saturated rings. The van der Waals surface area contributed by atoms with Gasteiger partial charge in [-0.05, 0) is 19.1 Å². The molecule has 0 aliphatic carbocycles. The van der Waals surface area contributed by atoms with E-state index in [-0.39, 0.29) is 6.04 Å². The summed E-state index contributed by atoms with van der Waals surface area (Å²) in [6.07, 6.45) is 2.65. The van der Waals surface area contributed by atoms with Crippen molar-refractivity contribution in [2.24, 2.45) is 5.73 Å². The van der Waals surface area contributed by atoms with E-state index in [2.05, 4.69) is 16.0 Å². The molecule has 5 heteroatoms. The Hall–Kier alpha value is -1.30. The fraction of sp³-hybridized carbons (Fsp3) is 0.231. The molecule has 0 aliphatic heterocycles. The fourth-order valence-corrected chi connectivity index (χ4v) is 3.66. The quantitative estimate of drug-likeness (QED) is 0.798. The van der Waals surface area contributed by atoms with Gasteiger partial charge < -0.3 is 5.73 Å². The molecule has 92 valence electrons. The maximum atomic E-state index is 6.20. The standard InChI is InChI=1S/C13H13N3S2/c1-8-15-7-12(17-8)9(14)6-13-16-10-4-2-3-5-11(10)18-13/h2-5,7,9H,6,14H2,1H3. The van der Waals surface area contributed by atoms with Crippen molar-refractivity contribution < 1.29 is 0 Å². The summed E-state index contributed by atoms with van der Waals surface area (Å²) < 4.78 is 1.22. The molecule has 1 unspecified atom stereocenters. The molecule has 2 N–H and O–H groups in total. The van der Waals surface area contributed by atoms with Crippen molar-refractivity contribution in [3.63, 3.8) is 0 Å². The normalized spacial score (nSPS) is 13.0. The summed E-state index contributed by atoms with van der Waals surface area (Å²) in [4.78, 5) is 9.98. The van der Waals surface area contributed by atoms with Crippen LogP contribution in [-0.2, 0) is 6.42 Å². The number of hydrogen-bond acceptors (Lipinski definition) is 5. The lowest BCUT2D eigenvalue weighted by atomic mass is 10.2. The van der Waals surface area contributed by atoms with E-state index in [1.165, 1.54) is 4.70 Å². The lowest BCUT2D eigenvalue weighted by Gasteiger charge is -2.05. The monoisotopic (exact) mass is 275 g/mol. The minimum absolute atomic E-state index is 0.00300. The molecular formula is C13H13N3S2. The van der Waals surface area contributed by atoms with Crippen molar-refractivity contribution in [2.45, 2.75) is 19.4 Å². The number of nitrogens with two attached hydrogens (primary N) is 1. The van der Waals surface area contributed by atoms with Gasteiger partial charge in [0.05, 0.1) is 20.2 Å². The molecule has 0 amide bonds. The molecule has 0 spiro atoms. The molecule has 3 rings (SSSR count). The third kappa shape index (κ3) is 2.29. The fourth-order valence-electron chi connectivity index (χ4n) is 1.85. The molecule has 0 radical (unpaired) electrons. The predicted octanol–water partition coefficient (Wildman–Crippen LogP) is 3.30. The molecule has 1 aromatic carbocycles. The van der Waals surface area contributed by atoms with Crippen LogP contribution in [-0.4, -0.2) is 9.97 Å². The topological polar surface area (TPSA) is 51.8 Å². The first-order chi connectivity index (χ1) is 8.72. The van der Waals surface area contributed by atoms with Gasteiger partial charge in [0.2, 0.25) is 0 Å². The van der Waals surface area contributed by atoms with E-state index in [1.807, 2.05) is 31.3 Å². The second-order valence-corrected chi connectivity index (χ2v) is 6.55. The molecule has 3 nitrogen and oxygen atoms in total. The number of nitrogens with zero attached hydrogens (tertiary/aromatic N) is 2. The molecule has 0 bridgehead atoms. The molecular weight excluding hydrogens is 262 g/mol. The molecule has 0 saturated carbocycles. The van der Waals surface area contributed by atoms with E-state index in [0.717, 1.165) is 26.8 Å². The highest BCUT2D eigenvalue weighted by molar-refractivity contribution is 7.18. The Morgan fingerprint density at radius 1 is 1.28 bits per heavy atom. The van der Waals surface area contributed by atoms with Gasteiger partial charge in [0.15, 0.2) is 0 Å². The summed E-state index contributed by atoms with van der Waals surface area (Å²) in [6.45, 7) is 2.00. The van der Waals surface area contributed by atoms with Gasteiger partial charge >= 0.3 is 0 Å². The third-order valence-corrected chi connectivity index (χ3v) is 4.84. The summed E-state index contributed by atoms with van der Waals surface area (Å²) in [7, 11) is 0. The minimum atomic E-state index is -0.00300. The number of aryl methyl sites for hydroxylation is 1. The maximum absolute atomic E-state index is 6.20. The van der Waals surface area contributed by atoms with Crippen LogP contribution in [0.4, 0.5) is 0 Å². The number of para-hydroxylation sites is 1. The number of thiazole rings is 2. The van der Waals surface area contributed by atoms with E-state index in [1.54, 1.807) is 22.7 Å². The smallest absolute Gasteiger partial charge is 0.0957 e. The summed E-state index contributed by atoms with van der Waals surface area (Å²) in [5.41, 5.74) is 7.26. The van der Waals surface area contributed by atoms with Crippen molar-refractivity contribution in [3.05, 3.63) is 45.4 Å². The number of benzene rings is 1. The van der Waals surface area contributed by atoms with Crippen LogP contribution in [0.25, 0.3) is 10.2 Å². The van der Waals surface area contributed by atoms with Gasteiger partial charge in [0, 0.05) is 23.5 Å². The highest BCUT2D eigenvalue weighted by Gasteiger charge is 2.13. The molecule has 0 aliphatic rings. The Labute approximate surface area is 113 Å². The summed E-state index contributed by atoms with van der Waals surface area (Å²) in [6, 6.07) is 8.18. The first kappa shape index (κ1) is 11.8. The van der Waals surface area contributed by atoms with Crippen molar-refractivity contribution >= 4 is 32.9 Å². The zero-order chi connectivity index (χ0) is 12.5. The highest BCUT2D eigenvalue weighted by atomic mass is 32.1. The maximum Gasteiger partial charge on any atom is 0.0957 e. The lowest BCUT2D eigenvalue weighted by molar-refractivity contribution is 0.731. The molecule has 2 heterocycles. The molecule has 3 aromatic rings. The zero-order valence-electron chi connectivity index (χ0n) is 9.96. The van der Waals surface area contributed by atoms with Crippen LogP contribution < -0.4 is 5.73 Å². The van der Waals surface area contributed by atoms with E-state index in [0.29, 0.717) is 0 Å². The van der Waals surface area contributed by atoms with Crippen LogP contribution in [0.1, 0.15) is 20.9 Å². The largest absolute Gasteiger partial charge is 0.323 e. The van der Waals surface area contributed by atoms with Crippen LogP contribution >= 0.6 is 22.7 Å². The first-order valence-electron chi connectivity index (χ1n) is 5.75. The van der Waals surface area contributed by atoms with Crippen LogP contribution in [0.2, 0.25) is 0 Å². The molecule has 2 aromatic heterocycles. The lowest BCUT2D eigenvalue weighted by Crippen LogP contribution is -2.11. The number of fused-ring (bicyclic) bond motifs is 1.